The molecule has 5 nitrogen and oxygen atoms in total. The number of benzene rings is 1. The van der Waals surface area contributed by atoms with Gasteiger partial charge in [0.1, 0.15) is 11.9 Å². The van der Waals surface area contributed by atoms with Gasteiger partial charge in [-0.05, 0) is 31.0 Å². The largest absolute Gasteiger partial charge is 0.480 e. The average Bonchev–Trinajstić information content (AvgIpc) is 2.38. The molecular formula is C14H19FN2O3. The molecule has 0 aliphatic carbocycles. The molecule has 0 aliphatic rings. The highest BCUT2D eigenvalue weighted by Gasteiger charge is 2.19. The van der Waals surface area contributed by atoms with Gasteiger partial charge in [0.25, 0.3) is 0 Å². The second kappa shape index (κ2) is 7.47. The van der Waals surface area contributed by atoms with Gasteiger partial charge in [0.05, 0.1) is 6.04 Å². The van der Waals surface area contributed by atoms with Crippen LogP contribution < -0.4 is 10.6 Å². The molecule has 0 heterocycles. The summed E-state index contributed by atoms with van der Waals surface area (Å²) >= 11 is 0. The number of nitrogens with one attached hydrogen (secondary N) is 2. The van der Waals surface area contributed by atoms with Gasteiger partial charge in [-0.2, -0.15) is 0 Å². The Balaban J connectivity index is 2.59. The van der Waals surface area contributed by atoms with Crippen molar-refractivity contribution in [2.24, 2.45) is 0 Å². The van der Waals surface area contributed by atoms with Crippen LogP contribution in [0, 0.1) is 5.82 Å². The van der Waals surface area contributed by atoms with Gasteiger partial charge in [0, 0.05) is 0 Å². The first-order chi connectivity index (χ1) is 9.43. The number of carboxylic acids is 1. The number of rotatable bonds is 6. The Morgan fingerprint density at radius 3 is 2.60 bits per heavy atom. The van der Waals surface area contributed by atoms with Crippen molar-refractivity contribution in [2.45, 2.75) is 38.8 Å². The van der Waals surface area contributed by atoms with Crippen LogP contribution in [-0.4, -0.2) is 23.1 Å². The van der Waals surface area contributed by atoms with E-state index in [0.29, 0.717) is 18.4 Å². The van der Waals surface area contributed by atoms with E-state index < -0.39 is 24.1 Å². The standard InChI is InChI=1S/C14H19FN2O3/c1-3-5-12(13(18)19)17-14(20)16-9(2)10-6-4-7-11(15)8-10/h4,6-9,12H,3,5H2,1-2H3,(H,18,19)(H2,16,17,20)/t9?,12-/m0/s1. The van der Waals surface area contributed by atoms with Gasteiger partial charge in [-0.25, -0.2) is 14.0 Å². The molecule has 2 atom stereocenters. The first-order valence-electron chi connectivity index (χ1n) is 6.49. The van der Waals surface area contributed by atoms with E-state index in [0.717, 1.165) is 0 Å². The van der Waals surface area contributed by atoms with E-state index in [1.54, 1.807) is 19.1 Å². The lowest BCUT2D eigenvalue weighted by Gasteiger charge is -2.18. The van der Waals surface area contributed by atoms with Crippen LogP contribution in [0.2, 0.25) is 0 Å². The van der Waals surface area contributed by atoms with Crippen LogP contribution in [0.3, 0.4) is 0 Å². The number of aliphatic carboxylic acids is 1. The summed E-state index contributed by atoms with van der Waals surface area (Å²) in [6.45, 7) is 3.54. The monoisotopic (exact) mass is 282 g/mol. The first-order valence-corrected chi connectivity index (χ1v) is 6.49. The molecule has 6 heteroatoms. The molecule has 1 unspecified atom stereocenters. The number of hydrogen-bond donors (Lipinski definition) is 3. The Morgan fingerprint density at radius 2 is 2.05 bits per heavy atom. The summed E-state index contributed by atoms with van der Waals surface area (Å²) in [4.78, 5) is 22.7. The third-order valence-corrected chi connectivity index (χ3v) is 2.88. The van der Waals surface area contributed by atoms with Crippen LogP contribution >= 0.6 is 0 Å². The molecule has 1 aromatic rings. The van der Waals surface area contributed by atoms with Gasteiger partial charge >= 0.3 is 12.0 Å². The third-order valence-electron chi connectivity index (χ3n) is 2.88. The lowest BCUT2D eigenvalue weighted by molar-refractivity contribution is -0.139. The lowest BCUT2D eigenvalue weighted by Crippen LogP contribution is -2.46. The normalized spacial score (nSPS) is 13.3. The van der Waals surface area contributed by atoms with Gasteiger partial charge in [-0.1, -0.05) is 25.5 Å². The Hall–Kier alpha value is -2.11. The van der Waals surface area contributed by atoms with Crippen molar-refractivity contribution in [2.75, 3.05) is 0 Å². The number of amides is 2. The number of carbonyl (C=O) groups excluding carboxylic acids is 1. The van der Waals surface area contributed by atoms with Crippen molar-refractivity contribution in [3.8, 4) is 0 Å². The molecule has 0 spiro atoms. The predicted octanol–water partition coefficient (Wildman–Crippen LogP) is 2.44. The van der Waals surface area contributed by atoms with Crippen molar-refractivity contribution in [1.29, 1.82) is 0 Å². The van der Waals surface area contributed by atoms with Crippen LogP contribution in [0.25, 0.3) is 0 Å². The lowest BCUT2D eigenvalue weighted by atomic mass is 10.1. The fourth-order valence-corrected chi connectivity index (χ4v) is 1.80. The summed E-state index contributed by atoms with van der Waals surface area (Å²) in [6, 6.07) is 3.97. The minimum atomic E-state index is -1.07. The van der Waals surface area contributed by atoms with Crippen molar-refractivity contribution >= 4 is 12.0 Å². The van der Waals surface area contributed by atoms with Gasteiger partial charge < -0.3 is 15.7 Å². The smallest absolute Gasteiger partial charge is 0.326 e. The summed E-state index contributed by atoms with van der Waals surface area (Å²) in [5, 5.41) is 13.9. The Labute approximate surface area is 117 Å². The number of hydrogen-bond acceptors (Lipinski definition) is 2. The minimum Gasteiger partial charge on any atom is -0.480 e. The van der Waals surface area contributed by atoms with Crippen LogP contribution in [0.1, 0.15) is 38.3 Å². The highest BCUT2D eigenvalue weighted by molar-refractivity contribution is 5.82. The Bertz CT molecular complexity index is 479. The summed E-state index contributed by atoms with van der Waals surface area (Å²) in [6.07, 6.45) is 1.01. The topological polar surface area (TPSA) is 78.4 Å². The van der Waals surface area contributed by atoms with Crippen molar-refractivity contribution < 1.29 is 19.1 Å². The van der Waals surface area contributed by atoms with E-state index in [1.165, 1.54) is 12.1 Å². The molecule has 1 aromatic carbocycles. The van der Waals surface area contributed by atoms with Crippen molar-refractivity contribution in [3.63, 3.8) is 0 Å². The van der Waals surface area contributed by atoms with Gasteiger partial charge in [-0.3, -0.25) is 0 Å². The van der Waals surface area contributed by atoms with E-state index in [1.807, 2.05) is 6.92 Å². The van der Waals surface area contributed by atoms with Crippen molar-refractivity contribution in [3.05, 3.63) is 35.6 Å². The first kappa shape index (κ1) is 15.9. The van der Waals surface area contributed by atoms with Gasteiger partial charge in [0.15, 0.2) is 0 Å². The number of carboxylic acid groups (broad SMARTS) is 1. The summed E-state index contributed by atoms with van der Waals surface area (Å²) in [5.74, 6) is -1.45. The summed E-state index contributed by atoms with van der Waals surface area (Å²) in [5.41, 5.74) is 0.613. The molecule has 0 aliphatic heterocycles. The number of urea groups is 1. The minimum absolute atomic E-state index is 0.358. The number of carbonyl (C=O) groups is 2. The third kappa shape index (κ3) is 4.87. The average molecular weight is 282 g/mol. The zero-order valence-corrected chi connectivity index (χ0v) is 11.5. The van der Waals surface area contributed by atoms with Crippen LogP contribution in [-0.2, 0) is 4.79 Å². The number of halogens is 1. The predicted molar refractivity (Wildman–Crippen MR) is 72.8 cm³/mol. The zero-order valence-electron chi connectivity index (χ0n) is 11.5. The fourth-order valence-electron chi connectivity index (χ4n) is 1.80. The Kier molecular flexibility index (Phi) is 5.96. The van der Waals surface area contributed by atoms with E-state index in [-0.39, 0.29) is 5.82 Å². The second-order valence-electron chi connectivity index (χ2n) is 4.57. The molecule has 0 aromatic heterocycles. The fraction of sp³-hybridized carbons (Fsp3) is 0.429. The van der Waals surface area contributed by atoms with Crippen molar-refractivity contribution in [1.82, 2.24) is 10.6 Å². The zero-order chi connectivity index (χ0) is 15.1. The van der Waals surface area contributed by atoms with Gasteiger partial charge in [-0.15, -0.1) is 0 Å². The van der Waals surface area contributed by atoms with Gasteiger partial charge in [0.2, 0.25) is 0 Å². The summed E-state index contributed by atoms with van der Waals surface area (Å²) < 4.78 is 13.1. The molecule has 0 fully saturated rings. The van der Waals surface area contributed by atoms with E-state index in [9.17, 15) is 14.0 Å². The Morgan fingerprint density at radius 1 is 1.35 bits per heavy atom. The molecule has 0 radical (unpaired) electrons. The molecule has 0 bridgehead atoms. The van der Waals surface area contributed by atoms with E-state index >= 15 is 0 Å². The van der Waals surface area contributed by atoms with Crippen LogP contribution in [0.5, 0.6) is 0 Å². The van der Waals surface area contributed by atoms with Crippen LogP contribution in [0.15, 0.2) is 24.3 Å². The molecule has 110 valence electrons. The highest BCUT2D eigenvalue weighted by atomic mass is 19.1. The molecular weight excluding hydrogens is 263 g/mol. The maximum absolute atomic E-state index is 13.1. The second-order valence-corrected chi connectivity index (χ2v) is 4.57. The maximum Gasteiger partial charge on any atom is 0.326 e. The summed E-state index contributed by atoms with van der Waals surface area (Å²) in [7, 11) is 0. The maximum atomic E-state index is 13.1. The van der Waals surface area contributed by atoms with E-state index in [4.69, 9.17) is 5.11 Å². The molecule has 3 N–H and O–H groups in total. The SMILES string of the molecule is CCC[C@H](NC(=O)NC(C)c1cccc(F)c1)C(=O)O. The molecule has 0 saturated carbocycles. The van der Waals surface area contributed by atoms with E-state index in [2.05, 4.69) is 10.6 Å². The molecule has 20 heavy (non-hydrogen) atoms. The van der Waals surface area contributed by atoms with Crippen LogP contribution in [0.4, 0.5) is 9.18 Å². The molecule has 0 saturated heterocycles. The molecule has 2 amide bonds. The quantitative estimate of drug-likeness (QED) is 0.750. The highest BCUT2D eigenvalue weighted by Crippen LogP contribution is 2.13. The molecule has 1 rings (SSSR count).